The molecule has 1 fully saturated rings. The molecule has 1 aromatic carbocycles. The zero-order valence-corrected chi connectivity index (χ0v) is 9.85. The number of H-pyrrole nitrogens is 1. The Hall–Kier alpha value is -2.08. The molecular formula is C12H14N4O2. The number of nitrogens with one attached hydrogen (secondary N) is 1. The van der Waals surface area contributed by atoms with Crippen LogP contribution in [0.1, 0.15) is 10.5 Å². The van der Waals surface area contributed by atoms with Gasteiger partial charge in [-0.1, -0.05) is 0 Å². The molecule has 0 saturated carbocycles. The summed E-state index contributed by atoms with van der Waals surface area (Å²) in [5, 5.41) is 7.72. The molecule has 6 heteroatoms. The molecular weight excluding hydrogens is 232 g/mol. The normalized spacial score (nSPS) is 16.1. The molecule has 1 amide bonds. The minimum absolute atomic E-state index is 0.0739. The Kier molecular flexibility index (Phi) is 2.64. The average Bonchev–Trinajstić information content (AvgIpc) is 2.82. The number of fused-ring (bicyclic) bond motifs is 1. The van der Waals surface area contributed by atoms with E-state index >= 15 is 0 Å². The lowest BCUT2D eigenvalue weighted by Crippen LogP contribution is -2.40. The van der Waals surface area contributed by atoms with Crippen LogP contribution in [0.3, 0.4) is 0 Å². The number of hydrogen-bond donors (Lipinski definition) is 2. The van der Waals surface area contributed by atoms with E-state index in [-0.39, 0.29) is 5.91 Å². The van der Waals surface area contributed by atoms with Gasteiger partial charge in [0.15, 0.2) is 5.69 Å². The summed E-state index contributed by atoms with van der Waals surface area (Å²) in [6.07, 6.45) is 0. The predicted molar refractivity (Wildman–Crippen MR) is 67.2 cm³/mol. The summed E-state index contributed by atoms with van der Waals surface area (Å²) in [5.41, 5.74) is 7.62. The number of hydrogen-bond acceptors (Lipinski definition) is 4. The van der Waals surface area contributed by atoms with Crippen molar-refractivity contribution in [2.24, 2.45) is 0 Å². The fourth-order valence-electron chi connectivity index (χ4n) is 2.11. The minimum atomic E-state index is -0.0739. The molecule has 3 N–H and O–H groups in total. The van der Waals surface area contributed by atoms with Crippen molar-refractivity contribution in [1.29, 1.82) is 0 Å². The number of carbonyl (C=O) groups is 1. The number of nitrogens with zero attached hydrogens (tertiary/aromatic N) is 2. The van der Waals surface area contributed by atoms with Crippen molar-refractivity contribution in [2.75, 3.05) is 32.0 Å². The summed E-state index contributed by atoms with van der Waals surface area (Å²) >= 11 is 0. The van der Waals surface area contributed by atoms with Crippen LogP contribution in [0.4, 0.5) is 5.69 Å². The Balaban J connectivity index is 1.98. The summed E-state index contributed by atoms with van der Waals surface area (Å²) < 4.78 is 5.23. The van der Waals surface area contributed by atoms with Crippen molar-refractivity contribution >= 4 is 22.5 Å². The van der Waals surface area contributed by atoms with Gasteiger partial charge >= 0.3 is 0 Å². The number of nitrogen functional groups attached to an aromatic ring is 1. The Morgan fingerprint density at radius 1 is 1.39 bits per heavy atom. The molecule has 0 unspecified atom stereocenters. The van der Waals surface area contributed by atoms with Crippen LogP contribution in [0.15, 0.2) is 18.2 Å². The van der Waals surface area contributed by atoms with Gasteiger partial charge in [0.1, 0.15) is 0 Å². The Bertz CT molecular complexity index is 587. The quantitative estimate of drug-likeness (QED) is 0.722. The van der Waals surface area contributed by atoms with Crippen LogP contribution in [0.2, 0.25) is 0 Å². The maximum atomic E-state index is 12.3. The molecule has 6 nitrogen and oxygen atoms in total. The number of morpholine rings is 1. The zero-order valence-electron chi connectivity index (χ0n) is 9.85. The maximum absolute atomic E-state index is 12.3. The lowest BCUT2D eigenvalue weighted by atomic mass is 10.1. The van der Waals surface area contributed by atoms with E-state index in [4.69, 9.17) is 10.5 Å². The first-order chi connectivity index (χ1) is 8.75. The zero-order chi connectivity index (χ0) is 12.5. The third-order valence-electron chi connectivity index (χ3n) is 3.09. The lowest BCUT2D eigenvalue weighted by molar-refractivity contribution is 0.0300. The number of amides is 1. The monoisotopic (exact) mass is 246 g/mol. The number of anilines is 1. The number of carbonyl (C=O) groups excluding carboxylic acids is 1. The van der Waals surface area contributed by atoms with E-state index in [1.165, 1.54) is 0 Å². The maximum Gasteiger partial charge on any atom is 0.275 e. The van der Waals surface area contributed by atoms with E-state index in [2.05, 4.69) is 10.2 Å². The van der Waals surface area contributed by atoms with Crippen LogP contribution in [0, 0.1) is 0 Å². The van der Waals surface area contributed by atoms with Crippen molar-refractivity contribution in [1.82, 2.24) is 15.1 Å². The van der Waals surface area contributed by atoms with Gasteiger partial charge in [-0.2, -0.15) is 5.10 Å². The van der Waals surface area contributed by atoms with Crippen molar-refractivity contribution in [3.8, 4) is 0 Å². The van der Waals surface area contributed by atoms with Crippen LogP contribution in [0.25, 0.3) is 10.9 Å². The van der Waals surface area contributed by atoms with Crippen molar-refractivity contribution < 1.29 is 9.53 Å². The molecule has 18 heavy (non-hydrogen) atoms. The molecule has 0 bridgehead atoms. The first-order valence-corrected chi connectivity index (χ1v) is 5.86. The second-order valence-corrected chi connectivity index (χ2v) is 4.28. The fraction of sp³-hybridized carbons (Fsp3) is 0.333. The fourth-order valence-corrected chi connectivity index (χ4v) is 2.11. The Morgan fingerprint density at radius 2 is 2.17 bits per heavy atom. The first kappa shape index (κ1) is 11.0. The topological polar surface area (TPSA) is 84.2 Å². The van der Waals surface area contributed by atoms with Crippen LogP contribution in [-0.2, 0) is 4.74 Å². The summed E-state index contributed by atoms with van der Waals surface area (Å²) in [7, 11) is 0. The molecule has 0 radical (unpaired) electrons. The van der Waals surface area contributed by atoms with Crippen molar-refractivity contribution in [3.05, 3.63) is 23.9 Å². The van der Waals surface area contributed by atoms with Gasteiger partial charge in [0.05, 0.1) is 18.7 Å². The second kappa shape index (κ2) is 4.30. The molecule has 1 aliphatic rings. The lowest BCUT2D eigenvalue weighted by Gasteiger charge is -2.26. The van der Waals surface area contributed by atoms with Gasteiger partial charge in [-0.05, 0) is 18.2 Å². The van der Waals surface area contributed by atoms with Gasteiger partial charge < -0.3 is 15.4 Å². The molecule has 94 valence electrons. The number of aromatic nitrogens is 2. The Labute approximate surface area is 104 Å². The third kappa shape index (κ3) is 1.80. The van der Waals surface area contributed by atoms with E-state index in [9.17, 15) is 4.79 Å². The summed E-state index contributed by atoms with van der Waals surface area (Å²) in [4.78, 5) is 14.1. The molecule has 1 aliphatic heterocycles. The molecule has 0 aliphatic carbocycles. The van der Waals surface area contributed by atoms with Crippen LogP contribution < -0.4 is 5.73 Å². The van der Waals surface area contributed by atoms with E-state index < -0.39 is 0 Å². The summed E-state index contributed by atoms with van der Waals surface area (Å²) in [6.45, 7) is 2.37. The largest absolute Gasteiger partial charge is 0.399 e. The molecule has 1 saturated heterocycles. The van der Waals surface area contributed by atoms with Crippen LogP contribution >= 0.6 is 0 Å². The summed E-state index contributed by atoms with van der Waals surface area (Å²) in [6, 6.07) is 5.38. The highest BCUT2D eigenvalue weighted by Gasteiger charge is 2.22. The van der Waals surface area contributed by atoms with Gasteiger partial charge in [0.2, 0.25) is 0 Å². The molecule has 3 rings (SSSR count). The molecule has 0 atom stereocenters. The SMILES string of the molecule is Nc1ccc2[nH]nc(C(=O)N3CCOCC3)c2c1. The van der Waals surface area contributed by atoms with Gasteiger partial charge in [-0.3, -0.25) is 9.89 Å². The number of rotatable bonds is 1. The van der Waals surface area contributed by atoms with E-state index in [0.29, 0.717) is 37.7 Å². The summed E-state index contributed by atoms with van der Waals surface area (Å²) in [5.74, 6) is -0.0739. The number of benzene rings is 1. The predicted octanol–water partition coefficient (Wildman–Crippen LogP) is 0.617. The van der Waals surface area contributed by atoms with Crippen molar-refractivity contribution in [3.63, 3.8) is 0 Å². The van der Waals surface area contributed by atoms with Gasteiger partial charge in [-0.25, -0.2) is 0 Å². The second-order valence-electron chi connectivity index (χ2n) is 4.28. The van der Waals surface area contributed by atoms with Gasteiger partial charge in [-0.15, -0.1) is 0 Å². The van der Waals surface area contributed by atoms with Crippen LogP contribution in [0.5, 0.6) is 0 Å². The molecule has 2 aromatic rings. The highest BCUT2D eigenvalue weighted by Crippen LogP contribution is 2.20. The minimum Gasteiger partial charge on any atom is -0.399 e. The molecule has 0 spiro atoms. The first-order valence-electron chi connectivity index (χ1n) is 5.86. The van der Waals surface area contributed by atoms with E-state index in [0.717, 1.165) is 10.9 Å². The smallest absolute Gasteiger partial charge is 0.275 e. The number of aromatic amines is 1. The van der Waals surface area contributed by atoms with Crippen LogP contribution in [-0.4, -0.2) is 47.3 Å². The Morgan fingerprint density at radius 3 is 2.94 bits per heavy atom. The highest BCUT2D eigenvalue weighted by atomic mass is 16.5. The van der Waals surface area contributed by atoms with E-state index in [1.807, 2.05) is 6.07 Å². The standard InChI is InChI=1S/C12H14N4O2/c13-8-1-2-10-9(7-8)11(15-14-10)12(17)16-3-5-18-6-4-16/h1-2,7H,3-6,13H2,(H,14,15). The number of ether oxygens (including phenoxy) is 1. The van der Waals surface area contributed by atoms with Crippen molar-refractivity contribution in [2.45, 2.75) is 0 Å². The van der Waals surface area contributed by atoms with E-state index in [1.54, 1.807) is 17.0 Å². The highest BCUT2D eigenvalue weighted by molar-refractivity contribution is 6.05. The molecule has 2 heterocycles. The molecule has 1 aromatic heterocycles. The van der Waals surface area contributed by atoms with Gasteiger partial charge in [0, 0.05) is 24.2 Å². The average molecular weight is 246 g/mol. The van der Waals surface area contributed by atoms with Gasteiger partial charge in [0.25, 0.3) is 5.91 Å². The number of nitrogens with two attached hydrogens (primary N) is 1. The third-order valence-corrected chi connectivity index (χ3v) is 3.09.